The van der Waals surface area contributed by atoms with Gasteiger partial charge >= 0.3 is 0 Å². The van der Waals surface area contributed by atoms with Crippen LogP contribution >= 0.6 is 0 Å². The molecule has 0 spiro atoms. The number of amides is 1. The van der Waals surface area contributed by atoms with Crippen LogP contribution in [-0.2, 0) is 18.4 Å². The van der Waals surface area contributed by atoms with Crippen LogP contribution in [0.3, 0.4) is 0 Å². The van der Waals surface area contributed by atoms with E-state index in [1.165, 1.54) is 5.69 Å². The fourth-order valence-corrected chi connectivity index (χ4v) is 2.23. The van der Waals surface area contributed by atoms with Crippen LogP contribution in [0.25, 0.3) is 0 Å². The minimum Gasteiger partial charge on any atom is -0.353 e. The van der Waals surface area contributed by atoms with Crippen LogP contribution in [0.1, 0.15) is 25.0 Å². The number of nitrogens with one attached hydrogen (secondary N) is 1. The van der Waals surface area contributed by atoms with Gasteiger partial charge in [0, 0.05) is 45.0 Å². The molecule has 1 aliphatic rings. The van der Waals surface area contributed by atoms with Crippen LogP contribution in [0.2, 0.25) is 0 Å². The molecule has 2 heterocycles. The number of carbonyl (C=O) groups excluding carboxylic acids is 1. The van der Waals surface area contributed by atoms with Crippen molar-refractivity contribution in [3.8, 4) is 0 Å². The third-order valence-corrected chi connectivity index (χ3v) is 3.31. The molecule has 94 valence electrons. The Morgan fingerprint density at radius 2 is 2.35 bits per heavy atom. The molecule has 4 nitrogen and oxygen atoms in total. The van der Waals surface area contributed by atoms with Gasteiger partial charge in [0.1, 0.15) is 0 Å². The summed E-state index contributed by atoms with van der Waals surface area (Å²) in [6.45, 7) is 3.72. The van der Waals surface area contributed by atoms with Crippen LogP contribution in [0.4, 0.5) is 0 Å². The molecule has 1 amide bonds. The number of likely N-dealkylation sites (tertiary alicyclic amines) is 1. The van der Waals surface area contributed by atoms with Crippen LogP contribution in [0.5, 0.6) is 0 Å². The van der Waals surface area contributed by atoms with Crippen molar-refractivity contribution in [2.24, 2.45) is 7.05 Å². The largest absolute Gasteiger partial charge is 0.353 e. The van der Waals surface area contributed by atoms with Crippen molar-refractivity contribution in [2.75, 3.05) is 19.6 Å². The summed E-state index contributed by atoms with van der Waals surface area (Å²) in [6.07, 6.45) is 4.88. The monoisotopic (exact) mass is 235 g/mol. The molecule has 0 aromatic carbocycles. The third kappa shape index (κ3) is 3.33. The average molecular weight is 235 g/mol. The van der Waals surface area contributed by atoms with E-state index in [0.29, 0.717) is 5.91 Å². The second kappa shape index (κ2) is 5.87. The van der Waals surface area contributed by atoms with Crippen LogP contribution in [0, 0.1) is 0 Å². The maximum atomic E-state index is 11.4. The Kier molecular flexibility index (Phi) is 4.20. The smallest absolute Gasteiger partial charge is 0.222 e. The SMILES string of the molecule is Cn1cccc1CNCCCN1CCCC1=O. The predicted molar refractivity (Wildman–Crippen MR) is 67.6 cm³/mol. The first-order valence-corrected chi connectivity index (χ1v) is 6.36. The highest BCUT2D eigenvalue weighted by atomic mass is 16.2. The maximum Gasteiger partial charge on any atom is 0.222 e. The van der Waals surface area contributed by atoms with E-state index in [2.05, 4.69) is 35.3 Å². The maximum absolute atomic E-state index is 11.4. The summed E-state index contributed by atoms with van der Waals surface area (Å²) in [5.41, 5.74) is 1.29. The number of carbonyl (C=O) groups is 1. The number of rotatable bonds is 6. The van der Waals surface area contributed by atoms with Crippen LogP contribution in [0.15, 0.2) is 18.3 Å². The Morgan fingerprint density at radius 1 is 1.47 bits per heavy atom. The lowest BCUT2D eigenvalue weighted by molar-refractivity contribution is -0.127. The number of aromatic nitrogens is 1. The van der Waals surface area contributed by atoms with Crippen LogP contribution in [-0.4, -0.2) is 35.0 Å². The van der Waals surface area contributed by atoms with E-state index in [-0.39, 0.29) is 0 Å². The van der Waals surface area contributed by atoms with Gasteiger partial charge in [-0.25, -0.2) is 0 Å². The van der Waals surface area contributed by atoms with E-state index in [1.807, 2.05) is 4.90 Å². The van der Waals surface area contributed by atoms with Gasteiger partial charge in [-0.3, -0.25) is 4.79 Å². The molecule has 2 rings (SSSR count). The molecule has 0 unspecified atom stereocenters. The third-order valence-electron chi connectivity index (χ3n) is 3.31. The molecule has 0 saturated carbocycles. The number of aryl methyl sites for hydroxylation is 1. The van der Waals surface area contributed by atoms with Gasteiger partial charge in [-0.05, 0) is 31.5 Å². The van der Waals surface area contributed by atoms with Gasteiger partial charge < -0.3 is 14.8 Å². The van der Waals surface area contributed by atoms with E-state index in [9.17, 15) is 4.79 Å². The van der Waals surface area contributed by atoms with Gasteiger partial charge in [-0.2, -0.15) is 0 Å². The molecule has 1 N–H and O–H groups in total. The molecule has 1 fully saturated rings. The highest BCUT2D eigenvalue weighted by Crippen LogP contribution is 2.09. The molecule has 0 atom stereocenters. The fourth-order valence-electron chi connectivity index (χ4n) is 2.23. The lowest BCUT2D eigenvalue weighted by Gasteiger charge is -2.15. The van der Waals surface area contributed by atoms with Gasteiger partial charge in [0.25, 0.3) is 0 Å². The Labute approximate surface area is 103 Å². The summed E-state index contributed by atoms with van der Waals surface area (Å²) in [5.74, 6) is 0.326. The van der Waals surface area contributed by atoms with Crippen molar-refractivity contribution >= 4 is 5.91 Å². The van der Waals surface area contributed by atoms with Gasteiger partial charge in [-0.15, -0.1) is 0 Å². The summed E-state index contributed by atoms with van der Waals surface area (Å²) in [6, 6.07) is 4.18. The molecule has 0 radical (unpaired) electrons. The molecule has 0 bridgehead atoms. The average Bonchev–Trinajstić information content (AvgIpc) is 2.89. The highest BCUT2D eigenvalue weighted by molar-refractivity contribution is 5.77. The lowest BCUT2D eigenvalue weighted by Crippen LogP contribution is -2.28. The summed E-state index contributed by atoms with van der Waals surface area (Å²) in [5, 5.41) is 3.41. The normalized spacial score (nSPS) is 15.8. The Balaban J connectivity index is 1.58. The first-order valence-electron chi connectivity index (χ1n) is 6.36. The minimum absolute atomic E-state index is 0.326. The summed E-state index contributed by atoms with van der Waals surface area (Å²) in [7, 11) is 2.06. The van der Waals surface area contributed by atoms with Crippen molar-refractivity contribution in [3.05, 3.63) is 24.0 Å². The lowest BCUT2D eigenvalue weighted by atomic mass is 10.3. The van der Waals surface area contributed by atoms with Crippen molar-refractivity contribution in [1.82, 2.24) is 14.8 Å². The van der Waals surface area contributed by atoms with Crippen molar-refractivity contribution in [3.63, 3.8) is 0 Å². The van der Waals surface area contributed by atoms with Gasteiger partial charge in [0.2, 0.25) is 5.91 Å². The van der Waals surface area contributed by atoms with Crippen LogP contribution < -0.4 is 5.32 Å². The number of hydrogen-bond donors (Lipinski definition) is 1. The number of nitrogens with zero attached hydrogens (tertiary/aromatic N) is 2. The fraction of sp³-hybridized carbons (Fsp3) is 0.615. The highest BCUT2D eigenvalue weighted by Gasteiger charge is 2.18. The van der Waals surface area contributed by atoms with Gasteiger partial charge in [-0.1, -0.05) is 0 Å². The van der Waals surface area contributed by atoms with E-state index in [0.717, 1.165) is 45.4 Å². The second-order valence-electron chi connectivity index (χ2n) is 4.63. The quantitative estimate of drug-likeness (QED) is 0.750. The van der Waals surface area contributed by atoms with Gasteiger partial charge in [0.05, 0.1) is 0 Å². The zero-order valence-corrected chi connectivity index (χ0v) is 10.5. The number of hydrogen-bond acceptors (Lipinski definition) is 2. The summed E-state index contributed by atoms with van der Waals surface area (Å²) < 4.78 is 2.12. The molecule has 1 aromatic rings. The molecular formula is C13H21N3O. The van der Waals surface area contributed by atoms with E-state index >= 15 is 0 Å². The van der Waals surface area contributed by atoms with Gasteiger partial charge in [0.15, 0.2) is 0 Å². The predicted octanol–water partition coefficient (Wildman–Crippen LogP) is 1.13. The van der Waals surface area contributed by atoms with Crippen molar-refractivity contribution < 1.29 is 4.79 Å². The van der Waals surface area contributed by atoms with E-state index in [4.69, 9.17) is 0 Å². The zero-order chi connectivity index (χ0) is 12.1. The Bertz CT molecular complexity index is 372. The Morgan fingerprint density at radius 3 is 3.00 bits per heavy atom. The Hall–Kier alpha value is -1.29. The molecule has 1 aromatic heterocycles. The molecule has 0 aliphatic carbocycles. The minimum atomic E-state index is 0.326. The van der Waals surface area contributed by atoms with E-state index < -0.39 is 0 Å². The molecule has 1 saturated heterocycles. The standard InChI is InChI=1S/C13H21N3O/c1-15-8-2-5-12(15)11-14-7-4-10-16-9-3-6-13(16)17/h2,5,8,14H,3-4,6-7,9-11H2,1H3. The molecule has 1 aliphatic heterocycles. The molecular weight excluding hydrogens is 214 g/mol. The van der Waals surface area contributed by atoms with Crippen molar-refractivity contribution in [2.45, 2.75) is 25.8 Å². The summed E-state index contributed by atoms with van der Waals surface area (Å²) >= 11 is 0. The second-order valence-corrected chi connectivity index (χ2v) is 4.63. The molecule has 17 heavy (non-hydrogen) atoms. The first-order chi connectivity index (χ1) is 8.27. The topological polar surface area (TPSA) is 37.3 Å². The zero-order valence-electron chi connectivity index (χ0n) is 10.5. The van der Waals surface area contributed by atoms with Crippen molar-refractivity contribution in [1.29, 1.82) is 0 Å². The summed E-state index contributed by atoms with van der Waals surface area (Å²) in [4.78, 5) is 13.3. The van der Waals surface area contributed by atoms with E-state index in [1.54, 1.807) is 0 Å². The molecule has 4 heteroatoms. The first kappa shape index (κ1) is 12.2.